The molecule has 4 aromatic rings. The molecule has 1 unspecified atom stereocenters. The van der Waals surface area contributed by atoms with Crippen molar-refractivity contribution >= 4 is 14.7 Å². The van der Waals surface area contributed by atoms with Crippen LogP contribution in [-0.4, -0.2) is 41.2 Å². The highest BCUT2D eigenvalue weighted by Gasteiger charge is 2.33. The normalized spacial score (nSPS) is 14.0. The third kappa shape index (κ3) is 12.4. The van der Waals surface area contributed by atoms with Gasteiger partial charge in [-0.05, 0) is 28.3 Å². The minimum atomic E-state index is -3.24. The largest absolute Gasteiger partial charge is 0.435 e. The van der Waals surface area contributed by atoms with Crippen LogP contribution in [0.15, 0.2) is 134 Å². The van der Waals surface area contributed by atoms with E-state index in [1.54, 1.807) is 0 Å². The van der Waals surface area contributed by atoms with Crippen LogP contribution in [0.4, 0.5) is 0 Å². The second-order valence-electron chi connectivity index (χ2n) is 10.0. The molecule has 4 atom stereocenters. The fourth-order valence-corrected chi connectivity index (χ4v) is 4.64. The second kappa shape index (κ2) is 19.3. The molecular weight excluding hydrogens is 593 g/mol. The van der Waals surface area contributed by atoms with Crippen LogP contribution in [0, 0.1) is 0 Å². The van der Waals surface area contributed by atoms with Gasteiger partial charge < -0.3 is 23.6 Å². The van der Waals surface area contributed by atoms with Crippen LogP contribution in [0.2, 0.25) is 0 Å². The highest BCUT2D eigenvalue weighted by molar-refractivity contribution is 7.32. The molecular formula is C35H38NO8P. The molecule has 0 radical (unpaired) electrons. The Balaban J connectivity index is 1.64. The Bertz CT molecular complexity index is 1430. The number of ether oxygens (including phenoxy) is 3. The summed E-state index contributed by atoms with van der Waals surface area (Å²) in [5.74, 6) is 0. The molecule has 1 N–H and O–H groups in total. The first kappa shape index (κ1) is 33.8. The van der Waals surface area contributed by atoms with E-state index in [4.69, 9.17) is 23.6 Å². The summed E-state index contributed by atoms with van der Waals surface area (Å²) < 4.78 is 35.6. The van der Waals surface area contributed by atoms with Gasteiger partial charge in [-0.3, -0.25) is 9.63 Å². The molecule has 4 aromatic carbocycles. The standard InChI is InChI=1S/C35H38NO8P/c37-28-36(43-27-32-19-11-4-12-20-32)23-34(41-25-30-15-7-2-8-16-30)35(42-26-31-17-9-3-10-18-31)33(21-22-44-45(38)39)40-24-29-13-5-1-6-14-29/h1-22,28,33-35,45H,23-27H2,(H,38,39)/b22-21+/t33-,34-,35+/m1/s1. The van der Waals surface area contributed by atoms with E-state index in [1.807, 2.05) is 121 Å². The Labute approximate surface area is 264 Å². The van der Waals surface area contributed by atoms with Crippen molar-refractivity contribution in [2.75, 3.05) is 6.54 Å². The Hall–Kier alpha value is -4.08. The minimum Gasteiger partial charge on any atom is -0.435 e. The predicted octanol–water partition coefficient (Wildman–Crippen LogP) is 6.25. The molecule has 10 heteroatoms. The summed E-state index contributed by atoms with van der Waals surface area (Å²) in [5, 5.41) is 1.18. The lowest BCUT2D eigenvalue weighted by atomic mass is 10.1. The summed E-state index contributed by atoms with van der Waals surface area (Å²) in [7, 11) is -3.24. The minimum absolute atomic E-state index is 0.000878. The van der Waals surface area contributed by atoms with Crippen molar-refractivity contribution in [2.24, 2.45) is 0 Å². The van der Waals surface area contributed by atoms with E-state index in [2.05, 4.69) is 0 Å². The Kier molecular flexibility index (Phi) is 14.5. The number of carbonyl (C=O) groups excluding carboxylic acids is 1. The lowest BCUT2D eigenvalue weighted by Gasteiger charge is -2.34. The van der Waals surface area contributed by atoms with Gasteiger partial charge in [0.05, 0.1) is 32.6 Å². The number of hydrogen-bond donors (Lipinski definition) is 1. The third-order valence-electron chi connectivity index (χ3n) is 6.72. The fraction of sp³-hybridized carbons (Fsp3) is 0.229. The maximum absolute atomic E-state index is 12.2. The molecule has 0 heterocycles. The van der Waals surface area contributed by atoms with Gasteiger partial charge in [-0.1, -0.05) is 121 Å². The van der Waals surface area contributed by atoms with Crippen LogP contribution in [-0.2, 0) is 59.4 Å². The van der Waals surface area contributed by atoms with Crippen molar-refractivity contribution in [3.05, 3.63) is 156 Å². The third-order valence-corrected chi connectivity index (χ3v) is 7.06. The summed E-state index contributed by atoms with van der Waals surface area (Å²) in [6.45, 7) is 0.811. The number of carbonyl (C=O) groups is 1. The van der Waals surface area contributed by atoms with Gasteiger partial charge in [0.1, 0.15) is 24.9 Å². The van der Waals surface area contributed by atoms with Gasteiger partial charge >= 0.3 is 8.25 Å². The topological polar surface area (TPSA) is 104 Å². The number of rotatable bonds is 20. The first-order valence-electron chi connectivity index (χ1n) is 14.5. The summed E-state index contributed by atoms with van der Waals surface area (Å²) in [4.78, 5) is 27.4. The number of nitrogens with zero attached hydrogens (tertiary/aromatic N) is 1. The molecule has 0 bridgehead atoms. The van der Waals surface area contributed by atoms with Crippen LogP contribution in [0.1, 0.15) is 22.3 Å². The quantitative estimate of drug-likeness (QED) is 0.0529. The first-order chi connectivity index (χ1) is 22.1. The lowest BCUT2D eigenvalue weighted by Crippen LogP contribution is -2.47. The van der Waals surface area contributed by atoms with Crippen molar-refractivity contribution in [3.8, 4) is 0 Å². The van der Waals surface area contributed by atoms with Crippen LogP contribution in [0.3, 0.4) is 0 Å². The monoisotopic (exact) mass is 631 g/mol. The van der Waals surface area contributed by atoms with Crippen molar-refractivity contribution in [1.82, 2.24) is 5.06 Å². The maximum Gasteiger partial charge on any atom is 0.364 e. The van der Waals surface area contributed by atoms with Gasteiger partial charge in [0.15, 0.2) is 0 Å². The summed E-state index contributed by atoms with van der Waals surface area (Å²) >= 11 is 0. The lowest BCUT2D eigenvalue weighted by molar-refractivity contribution is -0.205. The van der Waals surface area contributed by atoms with Gasteiger partial charge in [-0.15, -0.1) is 0 Å². The number of hydrogen-bond acceptors (Lipinski definition) is 7. The Morgan fingerprint density at radius 3 is 1.56 bits per heavy atom. The average Bonchev–Trinajstić information content (AvgIpc) is 3.08. The summed E-state index contributed by atoms with van der Waals surface area (Å²) in [5.41, 5.74) is 3.65. The molecule has 0 aliphatic rings. The molecule has 0 spiro atoms. The van der Waals surface area contributed by atoms with E-state index in [0.29, 0.717) is 6.41 Å². The van der Waals surface area contributed by atoms with Gasteiger partial charge in [0, 0.05) is 0 Å². The molecule has 0 aliphatic heterocycles. The van der Waals surface area contributed by atoms with Gasteiger partial charge in [0.2, 0.25) is 6.41 Å². The smallest absolute Gasteiger partial charge is 0.364 e. The molecule has 4 rings (SSSR count). The van der Waals surface area contributed by atoms with Gasteiger partial charge in [-0.2, -0.15) is 0 Å². The zero-order valence-corrected chi connectivity index (χ0v) is 25.8. The van der Waals surface area contributed by atoms with Crippen molar-refractivity contribution in [2.45, 2.75) is 44.7 Å². The highest BCUT2D eigenvalue weighted by atomic mass is 31.1. The molecule has 1 amide bonds. The van der Waals surface area contributed by atoms with Crippen LogP contribution in [0.25, 0.3) is 0 Å². The number of hydroxylamine groups is 2. The Morgan fingerprint density at radius 2 is 1.09 bits per heavy atom. The van der Waals surface area contributed by atoms with Crippen LogP contribution < -0.4 is 0 Å². The van der Waals surface area contributed by atoms with E-state index >= 15 is 0 Å². The van der Waals surface area contributed by atoms with Gasteiger partial charge in [-0.25, -0.2) is 9.63 Å². The van der Waals surface area contributed by atoms with Crippen molar-refractivity contribution in [3.63, 3.8) is 0 Å². The van der Waals surface area contributed by atoms with E-state index < -0.39 is 26.6 Å². The molecule has 236 valence electrons. The summed E-state index contributed by atoms with van der Waals surface area (Å²) in [6, 6.07) is 38.4. The molecule has 0 fully saturated rings. The van der Waals surface area contributed by atoms with E-state index in [1.165, 1.54) is 11.1 Å². The fourth-order valence-electron chi connectivity index (χ4n) is 4.45. The molecule has 9 nitrogen and oxygen atoms in total. The zero-order valence-electron chi connectivity index (χ0n) is 24.8. The number of amides is 1. The molecule has 0 saturated heterocycles. The van der Waals surface area contributed by atoms with E-state index in [0.717, 1.165) is 28.5 Å². The predicted molar refractivity (Wildman–Crippen MR) is 171 cm³/mol. The second-order valence-corrected chi connectivity index (χ2v) is 10.8. The van der Waals surface area contributed by atoms with Crippen molar-refractivity contribution < 1.29 is 37.8 Å². The molecule has 0 saturated carbocycles. The van der Waals surface area contributed by atoms with E-state index in [-0.39, 0.29) is 33.0 Å². The molecule has 0 aromatic heterocycles. The summed E-state index contributed by atoms with van der Waals surface area (Å²) in [6.07, 6.45) is 0.846. The first-order valence-corrected chi connectivity index (χ1v) is 15.8. The van der Waals surface area contributed by atoms with E-state index in [9.17, 15) is 14.3 Å². The Morgan fingerprint density at radius 1 is 0.644 bits per heavy atom. The highest BCUT2D eigenvalue weighted by Crippen LogP contribution is 2.22. The molecule has 45 heavy (non-hydrogen) atoms. The molecule has 0 aliphatic carbocycles. The van der Waals surface area contributed by atoms with Gasteiger partial charge in [0.25, 0.3) is 0 Å². The van der Waals surface area contributed by atoms with Crippen LogP contribution in [0.5, 0.6) is 0 Å². The van der Waals surface area contributed by atoms with Crippen LogP contribution >= 0.6 is 8.25 Å². The maximum atomic E-state index is 12.2. The zero-order chi connectivity index (χ0) is 31.5. The van der Waals surface area contributed by atoms with Crippen molar-refractivity contribution in [1.29, 1.82) is 0 Å². The number of benzene rings is 4. The SMILES string of the molecule is O=CN(C[C@@H](OCc1ccccc1)[C@@H](OCc1ccccc1)[C@@H](/C=C/O[PH](=O)O)OCc1ccccc1)OCc1ccccc1. The average molecular weight is 632 g/mol.